The van der Waals surface area contributed by atoms with Crippen LogP contribution >= 0.6 is 0 Å². The molecule has 3 heterocycles. The lowest BCUT2D eigenvalue weighted by atomic mass is 9.95. The van der Waals surface area contributed by atoms with Gasteiger partial charge in [0, 0.05) is 34.5 Å². The van der Waals surface area contributed by atoms with Crippen LogP contribution in [0.5, 0.6) is 0 Å². The molecule has 0 aliphatic rings. The molecule has 162 valence electrons. The average molecular weight is 438 g/mol. The van der Waals surface area contributed by atoms with E-state index < -0.39 is 0 Å². The van der Waals surface area contributed by atoms with Gasteiger partial charge in [-0.15, -0.1) is 0 Å². The van der Waals surface area contributed by atoms with Crippen LogP contribution in [0.15, 0.2) is 103 Å². The minimum atomic E-state index is 0.947. The first kappa shape index (κ1) is 20.3. The molecule has 0 spiro atoms. The number of hydrogen-bond acceptors (Lipinski definition) is 3. The molecule has 3 nitrogen and oxygen atoms in total. The van der Waals surface area contributed by atoms with Gasteiger partial charge in [-0.1, -0.05) is 54.1 Å². The molecule has 3 aromatic heterocycles. The number of rotatable bonds is 3. The number of fused-ring (bicyclic) bond motifs is 3. The molecule has 6 rings (SSSR count). The van der Waals surface area contributed by atoms with Gasteiger partial charge in [0.1, 0.15) is 0 Å². The quantitative estimate of drug-likeness (QED) is 0.265. The van der Waals surface area contributed by atoms with Crippen molar-refractivity contribution >= 4 is 21.7 Å². The summed E-state index contributed by atoms with van der Waals surface area (Å²) in [6.45, 7) is 4.26. The van der Waals surface area contributed by atoms with Crippen molar-refractivity contribution in [1.29, 1.82) is 0 Å². The molecule has 0 amide bonds. The molecular formula is C31H23N3. The van der Waals surface area contributed by atoms with Crippen LogP contribution in [0.3, 0.4) is 0 Å². The van der Waals surface area contributed by atoms with Gasteiger partial charge in [-0.05, 0) is 72.6 Å². The van der Waals surface area contributed by atoms with E-state index in [1.54, 1.807) is 0 Å². The zero-order valence-corrected chi connectivity index (χ0v) is 19.2. The molecule has 0 radical (unpaired) electrons. The zero-order chi connectivity index (χ0) is 23.1. The molecule has 0 N–H and O–H groups in total. The highest BCUT2D eigenvalue weighted by molar-refractivity contribution is 6.12. The third kappa shape index (κ3) is 3.52. The van der Waals surface area contributed by atoms with Gasteiger partial charge in [0.25, 0.3) is 0 Å². The molecule has 6 aromatic rings. The van der Waals surface area contributed by atoms with Crippen molar-refractivity contribution in [2.24, 2.45) is 0 Å². The molecule has 0 aliphatic carbocycles. The van der Waals surface area contributed by atoms with Crippen LogP contribution < -0.4 is 0 Å². The molecule has 0 unspecified atom stereocenters. The summed E-state index contributed by atoms with van der Waals surface area (Å²) in [4.78, 5) is 14.3. The summed E-state index contributed by atoms with van der Waals surface area (Å²) in [5.74, 6) is 0. The van der Waals surface area contributed by atoms with Gasteiger partial charge in [-0.2, -0.15) is 0 Å². The van der Waals surface area contributed by atoms with Gasteiger partial charge in [0.2, 0.25) is 0 Å². The lowest BCUT2D eigenvalue weighted by Crippen LogP contribution is -1.93. The van der Waals surface area contributed by atoms with Crippen molar-refractivity contribution in [3.8, 4) is 33.8 Å². The van der Waals surface area contributed by atoms with E-state index in [2.05, 4.69) is 90.5 Å². The Balaban J connectivity index is 1.55. The monoisotopic (exact) mass is 437 g/mol. The summed E-state index contributed by atoms with van der Waals surface area (Å²) in [5.41, 5.74) is 9.56. The molecule has 3 heteroatoms. The summed E-state index contributed by atoms with van der Waals surface area (Å²) < 4.78 is 0. The largest absolute Gasteiger partial charge is 0.256 e. The number of hydrogen-bond donors (Lipinski definition) is 0. The lowest BCUT2D eigenvalue weighted by molar-refractivity contribution is 1.29. The third-order valence-electron chi connectivity index (χ3n) is 6.37. The van der Waals surface area contributed by atoms with Crippen molar-refractivity contribution in [1.82, 2.24) is 15.0 Å². The first-order valence-electron chi connectivity index (χ1n) is 11.5. The Morgan fingerprint density at radius 3 is 2.21 bits per heavy atom. The Hall–Kier alpha value is -4.37. The number of aryl methyl sites for hydroxylation is 2. The minimum absolute atomic E-state index is 0.947. The maximum absolute atomic E-state index is 5.15. The van der Waals surface area contributed by atoms with Gasteiger partial charge in [-0.25, -0.2) is 4.98 Å². The zero-order valence-electron chi connectivity index (χ0n) is 19.2. The Bertz CT molecular complexity index is 1670. The second-order valence-corrected chi connectivity index (χ2v) is 8.70. The highest BCUT2D eigenvalue weighted by Gasteiger charge is 2.13. The van der Waals surface area contributed by atoms with Crippen LogP contribution in [0, 0.1) is 13.8 Å². The molecule has 0 atom stereocenters. The van der Waals surface area contributed by atoms with Crippen LogP contribution in [-0.2, 0) is 0 Å². The molecule has 0 saturated carbocycles. The summed E-state index contributed by atoms with van der Waals surface area (Å²) in [6, 6.07) is 31.6. The Morgan fingerprint density at radius 1 is 0.529 bits per heavy atom. The lowest BCUT2D eigenvalue weighted by Gasteiger charge is -2.13. The number of benzene rings is 3. The van der Waals surface area contributed by atoms with E-state index in [1.165, 1.54) is 21.9 Å². The maximum atomic E-state index is 5.15. The number of aromatic nitrogens is 3. The summed E-state index contributed by atoms with van der Waals surface area (Å²) in [5, 5.41) is 3.56. The smallest absolute Gasteiger partial charge is 0.0716 e. The number of nitrogens with zero attached hydrogens (tertiary/aromatic N) is 3. The normalized spacial score (nSPS) is 11.2. The van der Waals surface area contributed by atoms with Crippen molar-refractivity contribution in [3.05, 3.63) is 115 Å². The van der Waals surface area contributed by atoms with Crippen LogP contribution in [0.4, 0.5) is 0 Å². The Kier molecular flexibility index (Phi) is 4.88. The molecular weight excluding hydrogens is 414 g/mol. The van der Waals surface area contributed by atoms with E-state index in [1.807, 2.05) is 36.7 Å². The fourth-order valence-electron chi connectivity index (χ4n) is 4.63. The second-order valence-electron chi connectivity index (χ2n) is 8.70. The van der Waals surface area contributed by atoms with Gasteiger partial charge in [0.05, 0.1) is 22.6 Å². The van der Waals surface area contributed by atoms with Gasteiger partial charge >= 0.3 is 0 Å². The maximum Gasteiger partial charge on any atom is 0.0716 e. The highest BCUT2D eigenvalue weighted by Crippen LogP contribution is 2.35. The number of pyridine rings is 3. The van der Waals surface area contributed by atoms with E-state index >= 15 is 0 Å². The molecule has 34 heavy (non-hydrogen) atoms. The summed E-state index contributed by atoms with van der Waals surface area (Å²) in [6.07, 6.45) is 3.68. The molecule has 0 aliphatic heterocycles. The molecule has 0 bridgehead atoms. The Morgan fingerprint density at radius 2 is 1.35 bits per heavy atom. The third-order valence-corrected chi connectivity index (χ3v) is 6.37. The van der Waals surface area contributed by atoms with Crippen molar-refractivity contribution in [2.45, 2.75) is 13.8 Å². The minimum Gasteiger partial charge on any atom is -0.256 e. The van der Waals surface area contributed by atoms with E-state index in [0.29, 0.717) is 0 Å². The standard InChI is InChI=1S/C31H23N3/c1-20-11-14-23-24-7-6-16-33-31(24)19-27(26(23)17-20)30-10-5-9-29(34-30)25-18-22(13-12-21(25)2)28-8-3-4-15-32-28/h3-19H,1-2H3. The van der Waals surface area contributed by atoms with E-state index in [4.69, 9.17) is 4.98 Å². The van der Waals surface area contributed by atoms with E-state index in [-0.39, 0.29) is 0 Å². The molecule has 0 fully saturated rings. The van der Waals surface area contributed by atoms with Gasteiger partial charge in [-0.3, -0.25) is 9.97 Å². The summed E-state index contributed by atoms with van der Waals surface area (Å²) >= 11 is 0. The fourth-order valence-corrected chi connectivity index (χ4v) is 4.63. The highest BCUT2D eigenvalue weighted by atomic mass is 14.7. The van der Waals surface area contributed by atoms with Crippen molar-refractivity contribution in [2.75, 3.05) is 0 Å². The molecule has 0 saturated heterocycles. The van der Waals surface area contributed by atoms with Crippen molar-refractivity contribution in [3.63, 3.8) is 0 Å². The van der Waals surface area contributed by atoms with E-state index in [0.717, 1.165) is 44.7 Å². The average Bonchev–Trinajstić information content (AvgIpc) is 2.89. The van der Waals surface area contributed by atoms with Crippen LogP contribution in [0.25, 0.3) is 55.4 Å². The van der Waals surface area contributed by atoms with Crippen LogP contribution in [0.2, 0.25) is 0 Å². The van der Waals surface area contributed by atoms with Crippen molar-refractivity contribution < 1.29 is 0 Å². The predicted octanol–water partition coefficient (Wildman–Crippen LogP) is 7.80. The summed E-state index contributed by atoms with van der Waals surface area (Å²) in [7, 11) is 0. The Labute approximate surface area is 198 Å². The fraction of sp³-hybridized carbons (Fsp3) is 0.0645. The van der Waals surface area contributed by atoms with Gasteiger partial charge < -0.3 is 0 Å². The first-order valence-corrected chi connectivity index (χ1v) is 11.5. The van der Waals surface area contributed by atoms with Gasteiger partial charge in [0.15, 0.2) is 0 Å². The molecule has 3 aromatic carbocycles. The van der Waals surface area contributed by atoms with E-state index in [9.17, 15) is 0 Å². The second kappa shape index (κ2) is 8.20. The SMILES string of the molecule is Cc1ccc2c(c1)c(-c1cccc(-c3cc(-c4ccccn4)ccc3C)n1)cc1ncccc12. The predicted molar refractivity (Wildman–Crippen MR) is 141 cm³/mol. The van der Waals surface area contributed by atoms with Crippen LogP contribution in [-0.4, -0.2) is 15.0 Å². The van der Waals surface area contributed by atoms with Crippen LogP contribution in [0.1, 0.15) is 11.1 Å². The first-order chi connectivity index (χ1) is 16.7. The topological polar surface area (TPSA) is 38.7 Å².